The Kier molecular flexibility index (Phi) is 4.81. The van der Waals surface area contributed by atoms with Crippen molar-refractivity contribution in [1.82, 2.24) is 4.98 Å². The lowest BCUT2D eigenvalue weighted by molar-refractivity contribution is 0.191. The van der Waals surface area contributed by atoms with Gasteiger partial charge in [-0.2, -0.15) is 0 Å². The number of nitrogens with zero attached hydrogens (tertiary/aromatic N) is 2. The monoisotopic (exact) mass is 249 g/mol. The molecule has 2 heterocycles. The summed E-state index contributed by atoms with van der Waals surface area (Å²) in [4.78, 5) is 6.89. The van der Waals surface area contributed by atoms with Gasteiger partial charge in [0, 0.05) is 39.0 Å². The number of rotatable bonds is 6. The molecule has 1 aliphatic rings. The van der Waals surface area contributed by atoms with Crippen LogP contribution >= 0.6 is 0 Å². The zero-order valence-electron chi connectivity index (χ0n) is 11.4. The molecule has 0 radical (unpaired) electrons. The Morgan fingerprint density at radius 2 is 2.22 bits per heavy atom. The molecule has 0 aliphatic carbocycles. The van der Waals surface area contributed by atoms with Gasteiger partial charge in [0.05, 0.1) is 5.69 Å². The second-order valence-electron chi connectivity index (χ2n) is 4.90. The van der Waals surface area contributed by atoms with Gasteiger partial charge < -0.3 is 15.0 Å². The highest BCUT2D eigenvalue weighted by atomic mass is 16.5. The number of nitrogens with one attached hydrogen (secondary N) is 1. The van der Waals surface area contributed by atoms with Gasteiger partial charge in [-0.25, -0.2) is 4.98 Å². The molecule has 1 N–H and O–H groups in total. The number of hydrogen-bond donors (Lipinski definition) is 1. The zero-order valence-corrected chi connectivity index (χ0v) is 11.4. The molecule has 0 aromatic carbocycles. The third-order valence-electron chi connectivity index (χ3n) is 3.35. The average molecular weight is 249 g/mol. The minimum atomic E-state index is 0.399. The van der Waals surface area contributed by atoms with E-state index in [-0.39, 0.29) is 0 Å². The van der Waals surface area contributed by atoms with Gasteiger partial charge in [-0.15, -0.1) is 0 Å². The Morgan fingerprint density at radius 3 is 2.94 bits per heavy atom. The Morgan fingerprint density at radius 1 is 1.44 bits per heavy atom. The molecule has 4 heteroatoms. The fourth-order valence-corrected chi connectivity index (χ4v) is 2.32. The molecule has 0 amide bonds. The Hall–Kier alpha value is -1.29. The van der Waals surface area contributed by atoms with E-state index in [0.29, 0.717) is 6.04 Å². The van der Waals surface area contributed by atoms with Gasteiger partial charge in [0.1, 0.15) is 0 Å². The SMILES string of the molecule is COCCC(C)Nc1cccnc1N1CCCC1. The van der Waals surface area contributed by atoms with E-state index in [9.17, 15) is 0 Å². The lowest BCUT2D eigenvalue weighted by Gasteiger charge is -2.22. The van der Waals surface area contributed by atoms with E-state index in [0.717, 1.165) is 37.6 Å². The zero-order chi connectivity index (χ0) is 12.8. The van der Waals surface area contributed by atoms with Crippen molar-refractivity contribution in [1.29, 1.82) is 0 Å². The molecule has 1 fully saturated rings. The van der Waals surface area contributed by atoms with Crippen molar-refractivity contribution in [2.75, 3.05) is 37.0 Å². The minimum Gasteiger partial charge on any atom is -0.385 e. The van der Waals surface area contributed by atoms with Crippen LogP contribution in [0, 0.1) is 0 Å². The molecule has 18 heavy (non-hydrogen) atoms. The van der Waals surface area contributed by atoms with Crippen LogP contribution in [-0.2, 0) is 4.74 Å². The van der Waals surface area contributed by atoms with E-state index in [1.165, 1.54) is 12.8 Å². The maximum absolute atomic E-state index is 5.11. The van der Waals surface area contributed by atoms with E-state index >= 15 is 0 Å². The molecule has 1 saturated heterocycles. The highest BCUT2D eigenvalue weighted by Crippen LogP contribution is 2.26. The molecule has 100 valence electrons. The second-order valence-corrected chi connectivity index (χ2v) is 4.90. The third kappa shape index (κ3) is 3.35. The highest BCUT2D eigenvalue weighted by molar-refractivity contribution is 5.66. The van der Waals surface area contributed by atoms with Crippen LogP contribution in [0.2, 0.25) is 0 Å². The summed E-state index contributed by atoms with van der Waals surface area (Å²) in [5, 5.41) is 3.54. The topological polar surface area (TPSA) is 37.4 Å². The third-order valence-corrected chi connectivity index (χ3v) is 3.35. The lowest BCUT2D eigenvalue weighted by Crippen LogP contribution is -2.23. The highest BCUT2D eigenvalue weighted by Gasteiger charge is 2.17. The van der Waals surface area contributed by atoms with Crippen LogP contribution < -0.4 is 10.2 Å². The first-order valence-corrected chi connectivity index (χ1v) is 6.76. The summed E-state index contributed by atoms with van der Waals surface area (Å²) in [7, 11) is 1.74. The molecule has 1 aromatic rings. The van der Waals surface area contributed by atoms with Crippen LogP contribution in [-0.4, -0.2) is 37.8 Å². The fourth-order valence-electron chi connectivity index (χ4n) is 2.32. The summed E-state index contributed by atoms with van der Waals surface area (Å²) < 4.78 is 5.11. The number of aromatic nitrogens is 1. The number of pyridine rings is 1. The maximum Gasteiger partial charge on any atom is 0.151 e. The van der Waals surface area contributed by atoms with E-state index in [1.54, 1.807) is 7.11 Å². The minimum absolute atomic E-state index is 0.399. The van der Waals surface area contributed by atoms with Crippen LogP contribution in [0.4, 0.5) is 11.5 Å². The van der Waals surface area contributed by atoms with E-state index in [4.69, 9.17) is 4.74 Å². The standard InChI is InChI=1S/C14H23N3O/c1-12(7-11-18-2)16-13-6-5-8-15-14(13)17-9-3-4-10-17/h5-6,8,12,16H,3-4,7,9-11H2,1-2H3. The number of ether oxygens (including phenoxy) is 1. The van der Waals surface area contributed by atoms with Crippen LogP contribution in [0.1, 0.15) is 26.2 Å². The molecule has 0 saturated carbocycles. The van der Waals surface area contributed by atoms with Crippen LogP contribution in [0.25, 0.3) is 0 Å². The molecule has 1 atom stereocenters. The molecule has 1 unspecified atom stereocenters. The van der Waals surface area contributed by atoms with Crippen molar-refractivity contribution in [2.24, 2.45) is 0 Å². The van der Waals surface area contributed by atoms with Crippen molar-refractivity contribution >= 4 is 11.5 Å². The summed E-state index contributed by atoms with van der Waals surface area (Å²) >= 11 is 0. The molecule has 1 aliphatic heterocycles. The second kappa shape index (κ2) is 6.59. The quantitative estimate of drug-likeness (QED) is 0.840. The number of methoxy groups -OCH3 is 1. The normalized spacial score (nSPS) is 16.9. The summed E-state index contributed by atoms with van der Waals surface area (Å²) in [6, 6.07) is 4.50. The van der Waals surface area contributed by atoms with Gasteiger partial charge in [-0.05, 0) is 38.3 Å². The van der Waals surface area contributed by atoms with Gasteiger partial charge >= 0.3 is 0 Å². The van der Waals surface area contributed by atoms with Crippen molar-refractivity contribution in [3.8, 4) is 0 Å². The van der Waals surface area contributed by atoms with Crippen molar-refractivity contribution in [2.45, 2.75) is 32.2 Å². The van der Waals surface area contributed by atoms with Crippen molar-refractivity contribution < 1.29 is 4.74 Å². The van der Waals surface area contributed by atoms with Gasteiger partial charge in [0.15, 0.2) is 5.82 Å². The maximum atomic E-state index is 5.11. The van der Waals surface area contributed by atoms with E-state index < -0.39 is 0 Å². The predicted octanol–water partition coefficient (Wildman–Crippen LogP) is 2.52. The Labute approximate surface area is 109 Å². The van der Waals surface area contributed by atoms with Gasteiger partial charge in [0.2, 0.25) is 0 Å². The molecular formula is C14H23N3O. The first-order chi connectivity index (χ1) is 8.81. The van der Waals surface area contributed by atoms with Crippen LogP contribution in [0.15, 0.2) is 18.3 Å². The first kappa shape index (κ1) is 13.1. The van der Waals surface area contributed by atoms with E-state index in [2.05, 4.69) is 28.2 Å². The molecular weight excluding hydrogens is 226 g/mol. The van der Waals surface area contributed by atoms with E-state index in [1.807, 2.05) is 12.3 Å². The van der Waals surface area contributed by atoms with Gasteiger partial charge in [-0.3, -0.25) is 0 Å². The van der Waals surface area contributed by atoms with Crippen molar-refractivity contribution in [3.05, 3.63) is 18.3 Å². The van der Waals surface area contributed by atoms with Crippen LogP contribution in [0.3, 0.4) is 0 Å². The predicted molar refractivity (Wildman–Crippen MR) is 75.3 cm³/mol. The molecule has 0 spiro atoms. The smallest absolute Gasteiger partial charge is 0.151 e. The summed E-state index contributed by atoms with van der Waals surface area (Å²) in [5.41, 5.74) is 1.14. The lowest BCUT2D eigenvalue weighted by atomic mass is 10.2. The fraction of sp³-hybridized carbons (Fsp3) is 0.643. The van der Waals surface area contributed by atoms with Crippen LogP contribution in [0.5, 0.6) is 0 Å². The molecule has 0 bridgehead atoms. The van der Waals surface area contributed by atoms with Crippen molar-refractivity contribution in [3.63, 3.8) is 0 Å². The largest absolute Gasteiger partial charge is 0.385 e. The number of anilines is 2. The summed E-state index contributed by atoms with van der Waals surface area (Å²) in [6.07, 6.45) is 5.42. The van der Waals surface area contributed by atoms with Gasteiger partial charge in [0.25, 0.3) is 0 Å². The Balaban J connectivity index is 2.02. The average Bonchev–Trinajstić information content (AvgIpc) is 2.91. The molecule has 1 aromatic heterocycles. The summed E-state index contributed by atoms with van der Waals surface area (Å²) in [6.45, 7) is 5.21. The Bertz CT molecular complexity index is 364. The molecule has 2 rings (SSSR count). The summed E-state index contributed by atoms with van der Waals surface area (Å²) in [5.74, 6) is 1.10. The molecule has 4 nitrogen and oxygen atoms in total. The first-order valence-electron chi connectivity index (χ1n) is 6.76. The number of hydrogen-bond acceptors (Lipinski definition) is 4. The van der Waals surface area contributed by atoms with Gasteiger partial charge in [-0.1, -0.05) is 0 Å².